The lowest BCUT2D eigenvalue weighted by molar-refractivity contribution is 0.0522. The Morgan fingerprint density at radius 3 is 2.73 bits per heavy atom. The monoisotopic (exact) mass is 210 g/mol. The first kappa shape index (κ1) is 11.1. The number of esters is 1. The molecule has 0 fully saturated rings. The number of hydrogen-bond acceptors (Lipinski definition) is 5. The van der Waals surface area contributed by atoms with Gasteiger partial charge in [-0.15, -0.1) is 0 Å². The van der Waals surface area contributed by atoms with Crippen molar-refractivity contribution >= 4 is 11.8 Å². The summed E-state index contributed by atoms with van der Waals surface area (Å²) in [6, 6.07) is 0. The number of nitrogens with one attached hydrogen (secondary N) is 1. The SMILES string of the molecule is CCOC(=O)c1cnc(=O)[nH]c1C(C)=O. The summed E-state index contributed by atoms with van der Waals surface area (Å²) in [5.41, 5.74) is -0.773. The number of ether oxygens (including phenoxy) is 1. The van der Waals surface area contributed by atoms with E-state index in [0.717, 1.165) is 6.20 Å². The number of nitrogens with zero attached hydrogens (tertiary/aromatic N) is 1. The zero-order valence-electron chi connectivity index (χ0n) is 8.36. The highest BCUT2D eigenvalue weighted by Crippen LogP contribution is 2.04. The zero-order valence-corrected chi connectivity index (χ0v) is 8.36. The Labute approximate surface area is 85.3 Å². The van der Waals surface area contributed by atoms with E-state index < -0.39 is 17.4 Å². The first-order valence-corrected chi connectivity index (χ1v) is 4.33. The second-order valence-electron chi connectivity index (χ2n) is 2.75. The van der Waals surface area contributed by atoms with E-state index in [4.69, 9.17) is 4.74 Å². The third-order valence-electron chi connectivity index (χ3n) is 1.66. The van der Waals surface area contributed by atoms with Crippen molar-refractivity contribution in [3.63, 3.8) is 0 Å². The Balaban J connectivity index is 3.23. The Kier molecular flexibility index (Phi) is 3.33. The van der Waals surface area contributed by atoms with Gasteiger partial charge in [0.15, 0.2) is 5.78 Å². The summed E-state index contributed by atoms with van der Waals surface area (Å²) in [5.74, 6) is -1.09. The van der Waals surface area contributed by atoms with Crippen molar-refractivity contribution < 1.29 is 14.3 Å². The van der Waals surface area contributed by atoms with E-state index >= 15 is 0 Å². The van der Waals surface area contributed by atoms with Crippen molar-refractivity contribution in [2.45, 2.75) is 13.8 Å². The molecule has 1 heterocycles. The van der Waals surface area contributed by atoms with Crippen LogP contribution >= 0.6 is 0 Å². The van der Waals surface area contributed by atoms with E-state index in [-0.39, 0.29) is 17.9 Å². The van der Waals surface area contributed by atoms with Crippen LogP contribution in [0.25, 0.3) is 0 Å². The van der Waals surface area contributed by atoms with Gasteiger partial charge in [-0.05, 0) is 6.92 Å². The van der Waals surface area contributed by atoms with Crippen LogP contribution in [-0.2, 0) is 4.74 Å². The Hall–Kier alpha value is -1.98. The third-order valence-corrected chi connectivity index (χ3v) is 1.66. The molecule has 0 aliphatic rings. The van der Waals surface area contributed by atoms with Gasteiger partial charge < -0.3 is 9.72 Å². The Morgan fingerprint density at radius 1 is 1.53 bits per heavy atom. The Morgan fingerprint density at radius 2 is 2.20 bits per heavy atom. The molecule has 1 rings (SSSR count). The lowest BCUT2D eigenvalue weighted by atomic mass is 10.2. The Bertz CT molecular complexity index is 450. The van der Waals surface area contributed by atoms with Gasteiger partial charge in [0.2, 0.25) is 0 Å². The molecule has 15 heavy (non-hydrogen) atoms. The van der Waals surface area contributed by atoms with Crippen LogP contribution in [0.5, 0.6) is 0 Å². The first-order valence-electron chi connectivity index (χ1n) is 4.33. The zero-order chi connectivity index (χ0) is 11.4. The summed E-state index contributed by atoms with van der Waals surface area (Å²) >= 11 is 0. The summed E-state index contributed by atoms with van der Waals surface area (Å²) in [7, 11) is 0. The maximum atomic E-state index is 11.3. The number of aromatic nitrogens is 2. The van der Waals surface area contributed by atoms with Crippen LogP contribution in [0.1, 0.15) is 34.7 Å². The topological polar surface area (TPSA) is 89.1 Å². The quantitative estimate of drug-likeness (QED) is 0.566. The van der Waals surface area contributed by atoms with Crippen LogP contribution in [0.3, 0.4) is 0 Å². The maximum Gasteiger partial charge on any atom is 0.345 e. The summed E-state index contributed by atoms with van der Waals surface area (Å²) in [4.78, 5) is 38.9. The van der Waals surface area contributed by atoms with Gasteiger partial charge in [-0.2, -0.15) is 0 Å². The van der Waals surface area contributed by atoms with Gasteiger partial charge in [-0.25, -0.2) is 14.6 Å². The van der Waals surface area contributed by atoms with Gasteiger partial charge in [0, 0.05) is 13.1 Å². The van der Waals surface area contributed by atoms with E-state index in [1.807, 2.05) is 0 Å². The van der Waals surface area contributed by atoms with Crippen molar-refractivity contribution in [1.82, 2.24) is 9.97 Å². The number of Topliss-reactive ketones (excluding diaryl/α,β-unsaturated/α-hetero) is 1. The molecule has 0 unspecified atom stereocenters. The van der Waals surface area contributed by atoms with Crippen LogP contribution in [0.2, 0.25) is 0 Å². The van der Waals surface area contributed by atoms with Gasteiger partial charge in [0.05, 0.1) is 6.61 Å². The fraction of sp³-hybridized carbons (Fsp3) is 0.333. The van der Waals surface area contributed by atoms with Gasteiger partial charge in [0.25, 0.3) is 0 Å². The van der Waals surface area contributed by atoms with Crippen LogP contribution in [0, 0.1) is 0 Å². The predicted octanol–water partition coefficient (Wildman–Crippen LogP) is 0.149. The van der Waals surface area contributed by atoms with Crippen LogP contribution in [-0.4, -0.2) is 28.3 Å². The molecule has 1 aromatic rings. The second kappa shape index (κ2) is 4.50. The number of ketones is 1. The molecule has 0 amide bonds. The lowest BCUT2D eigenvalue weighted by Gasteiger charge is -2.04. The van der Waals surface area contributed by atoms with Gasteiger partial charge in [0.1, 0.15) is 11.3 Å². The largest absolute Gasteiger partial charge is 0.462 e. The van der Waals surface area contributed by atoms with Crippen LogP contribution in [0.4, 0.5) is 0 Å². The molecule has 0 atom stereocenters. The van der Waals surface area contributed by atoms with E-state index in [0.29, 0.717) is 0 Å². The molecule has 0 saturated carbocycles. The third kappa shape index (κ3) is 2.49. The summed E-state index contributed by atoms with van der Waals surface area (Å²) in [5, 5.41) is 0. The van der Waals surface area contributed by atoms with Crippen molar-refractivity contribution in [1.29, 1.82) is 0 Å². The lowest BCUT2D eigenvalue weighted by Crippen LogP contribution is -2.20. The van der Waals surface area contributed by atoms with E-state index in [2.05, 4.69) is 9.97 Å². The fourth-order valence-corrected chi connectivity index (χ4v) is 1.04. The molecule has 80 valence electrons. The molecule has 0 saturated heterocycles. The van der Waals surface area contributed by atoms with Crippen molar-refractivity contribution in [3.8, 4) is 0 Å². The predicted molar refractivity (Wildman–Crippen MR) is 50.8 cm³/mol. The van der Waals surface area contributed by atoms with E-state index in [1.54, 1.807) is 6.92 Å². The van der Waals surface area contributed by atoms with Crippen molar-refractivity contribution in [2.75, 3.05) is 6.61 Å². The number of carbonyl (C=O) groups is 2. The standard InChI is InChI=1S/C9H10N2O4/c1-3-15-8(13)6-4-10-9(14)11-7(6)5(2)12/h4H,3H2,1-2H3,(H,10,11,14). The molecule has 1 aromatic heterocycles. The molecule has 0 spiro atoms. The molecule has 6 nitrogen and oxygen atoms in total. The van der Waals surface area contributed by atoms with E-state index in [9.17, 15) is 14.4 Å². The van der Waals surface area contributed by atoms with Crippen molar-refractivity contribution in [3.05, 3.63) is 27.9 Å². The number of H-pyrrole nitrogens is 1. The molecule has 0 aliphatic carbocycles. The average molecular weight is 210 g/mol. The normalized spacial score (nSPS) is 9.73. The summed E-state index contributed by atoms with van der Waals surface area (Å²) in [6.07, 6.45) is 1.04. The average Bonchev–Trinajstić information content (AvgIpc) is 2.17. The maximum absolute atomic E-state index is 11.3. The number of carbonyl (C=O) groups excluding carboxylic acids is 2. The molecular weight excluding hydrogens is 200 g/mol. The fourth-order valence-electron chi connectivity index (χ4n) is 1.04. The highest BCUT2D eigenvalue weighted by molar-refractivity contribution is 6.03. The first-order chi connectivity index (χ1) is 7.06. The number of rotatable bonds is 3. The van der Waals surface area contributed by atoms with Crippen molar-refractivity contribution in [2.24, 2.45) is 0 Å². The number of aromatic amines is 1. The summed E-state index contributed by atoms with van der Waals surface area (Å²) < 4.78 is 4.71. The second-order valence-corrected chi connectivity index (χ2v) is 2.75. The minimum absolute atomic E-state index is 0.0241. The minimum atomic E-state index is -0.675. The van der Waals surface area contributed by atoms with Crippen LogP contribution < -0.4 is 5.69 Å². The smallest absolute Gasteiger partial charge is 0.345 e. The van der Waals surface area contributed by atoms with Gasteiger partial charge in [-0.3, -0.25) is 4.79 Å². The minimum Gasteiger partial charge on any atom is -0.462 e. The molecule has 0 aromatic carbocycles. The molecule has 0 aliphatic heterocycles. The molecular formula is C9H10N2O4. The van der Waals surface area contributed by atoms with Gasteiger partial charge in [-0.1, -0.05) is 0 Å². The van der Waals surface area contributed by atoms with Crippen LogP contribution in [0.15, 0.2) is 11.0 Å². The molecule has 6 heteroatoms. The number of hydrogen-bond donors (Lipinski definition) is 1. The van der Waals surface area contributed by atoms with Gasteiger partial charge >= 0.3 is 11.7 Å². The highest BCUT2D eigenvalue weighted by atomic mass is 16.5. The molecule has 0 bridgehead atoms. The molecule has 0 radical (unpaired) electrons. The highest BCUT2D eigenvalue weighted by Gasteiger charge is 2.16. The van der Waals surface area contributed by atoms with E-state index in [1.165, 1.54) is 6.92 Å². The molecule has 1 N–H and O–H groups in total. The summed E-state index contributed by atoms with van der Waals surface area (Å²) in [6.45, 7) is 3.08.